The number of aromatic nitrogens is 3. The molecule has 3 rings (SSSR count). The van der Waals surface area contributed by atoms with Gasteiger partial charge in [0.2, 0.25) is 10.6 Å². The lowest BCUT2D eigenvalue weighted by Gasteiger charge is -1.97. The van der Waals surface area contributed by atoms with Gasteiger partial charge in [0.05, 0.1) is 12.5 Å². The van der Waals surface area contributed by atoms with Crippen molar-refractivity contribution >= 4 is 18.4 Å². The van der Waals surface area contributed by atoms with E-state index in [-0.39, 0.29) is 5.82 Å². The molecule has 0 saturated carbocycles. The topological polar surface area (TPSA) is 59.1 Å². The van der Waals surface area contributed by atoms with E-state index < -0.39 is 0 Å². The Kier molecular flexibility index (Phi) is 3.26. The van der Waals surface area contributed by atoms with Crippen LogP contribution in [0.15, 0.2) is 52.2 Å². The fraction of sp³-hybridized carbons (Fsp3) is 0. The molecule has 2 heterocycles. The van der Waals surface area contributed by atoms with E-state index in [9.17, 15) is 4.39 Å². The molecule has 0 aliphatic carbocycles. The minimum atomic E-state index is -0.293. The van der Waals surface area contributed by atoms with Gasteiger partial charge in [-0.25, -0.2) is 9.49 Å². The van der Waals surface area contributed by atoms with Gasteiger partial charge in [-0.15, -0.1) is 5.10 Å². The van der Waals surface area contributed by atoms with Crippen LogP contribution in [0.4, 0.5) is 4.39 Å². The molecular formula is C13H9FN4OS. The highest BCUT2D eigenvalue weighted by Crippen LogP contribution is 2.17. The third-order valence-electron chi connectivity index (χ3n) is 2.58. The number of nitrogens with zero attached hydrogens (tertiary/aromatic N) is 3. The maximum absolute atomic E-state index is 12.8. The molecular weight excluding hydrogens is 279 g/mol. The average Bonchev–Trinajstić information content (AvgIpc) is 3.08. The third kappa shape index (κ3) is 2.43. The van der Waals surface area contributed by atoms with Gasteiger partial charge >= 0.3 is 0 Å². The number of rotatable bonds is 3. The normalized spacial score (nSPS) is 11.2. The van der Waals surface area contributed by atoms with Crippen LogP contribution in [0.1, 0.15) is 5.56 Å². The summed E-state index contributed by atoms with van der Waals surface area (Å²) in [5.41, 5.74) is 0.750. The molecule has 0 aliphatic heterocycles. The Hall–Kier alpha value is -2.54. The molecule has 5 nitrogen and oxygen atoms in total. The second-order valence-electron chi connectivity index (χ2n) is 3.94. The number of furan rings is 1. The highest BCUT2D eigenvalue weighted by Gasteiger charge is 2.10. The van der Waals surface area contributed by atoms with Gasteiger partial charge in [0, 0.05) is 0 Å². The quantitative estimate of drug-likeness (QED) is 0.594. The van der Waals surface area contributed by atoms with Gasteiger partial charge < -0.3 is 4.42 Å². The minimum absolute atomic E-state index is 0.293. The van der Waals surface area contributed by atoms with Crippen molar-refractivity contribution < 1.29 is 8.81 Å². The van der Waals surface area contributed by atoms with Crippen LogP contribution in [0.5, 0.6) is 0 Å². The van der Waals surface area contributed by atoms with E-state index in [0.29, 0.717) is 16.4 Å². The van der Waals surface area contributed by atoms with E-state index in [1.54, 1.807) is 36.7 Å². The van der Waals surface area contributed by atoms with Crippen molar-refractivity contribution in [3.8, 4) is 11.6 Å². The van der Waals surface area contributed by atoms with Crippen molar-refractivity contribution in [1.29, 1.82) is 0 Å². The van der Waals surface area contributed by atoms with Crippen LogP contribution in [0, 0.1) is 10.6 Å². The standard InChI is InChI=1S/C13H9FN4OS/c14-10-5-3-9(4-6-10)8-15-18-12(16-17-13(18)20)11-2-1-7-19-11/h1-8H,(H,17,20)/b15-8-. The van der Waals surface area contributed by atoms with Crippen molar-refractivity contribution in [3.05, 3.63) is 58.8 Å². The van der Waals surface area contributed by atoms with Crippen LogP contribution in [-0.2, 0) is 0 Å². The van der Waals surface area contributed by atoms with Gasteiger partial charge in [-0.3, -0.25) is 0 Å². The molecule has 7 heteroatoms. The predicted octanol–water partition coefficient (Wildman–Crippen LogP) is 3.22. The molecule has 1 N–H and O–H groups in total. The number of H-pyrrole nitrogens is 1. The van der Waals surface area contributed by atoms with Crippen molar-refractivity contribution in [2.24, 2.45) is 5.10 Å². The molecule has 0 spiro atoms. The Morgan fingerprint density at radius 1 is 1.30 bits per heavy atom. The van der Waals surface area contributed by atoms with Crippen LogP contribution < -0.4 is 0 Å². The summed E-state index contributed by atoms with van der Waals surface area (Å²) in [6.45, 7) is 0. The van der Waals surface area contributed by atoms with Gasteiger partial charge in [0.15, 0.2) is 5.76 Å². The summed E-state index contributed by atoms with van der Waals surface area (Å²) < 4.78 is 19.9. The van der Waals surface area contributed by atoms with E-state index in [4.69, 9.17) is 16.6 Å². The largest absolute Gasteiger partial charge is 0.461 e. The van der Waals surface area contributed by atoms with E-state index in [2.05, 4.69) is 15.3 Å². The number of aromatic amines is 1. The maximum atomic E-state index is 12.8. The summed E-state index contributed by atoms with van der Waals surface area (Å²) in [6.07, 6.45) is 3.11. The van der Waals surface area contributed by atoms with Crippen molar-refractivity contribution in [3.63, 3.8) is 0 Å². The van der Waals surface area contributed by atoms with E-state index in [1.807, 2.05) is 0 Å². The molecule has 0 unspecified atom stereocenters. The molecule has 3 aromatic rings. The number of benzene rings is 1. The maximum Gasteiger partial charge on any atom is 0.219 e. The van der Waals surface area contributed by atoms with E-state index in [1.165, 1.54) is 16.8 Å². The number of hydrogen-bond acceptors (Lipinski definition) is 4. The molecule has 0 atom stereocenters. The second-order valence-corrected chi connectivity index (χ2v) is 4.32. The van der Waals surface area contributed by atoms with Gasteiger partial charge in [-0.1, -0.05) is 12.1 Å². The van der Waals surface area contributed by atoms with Crippen molar-refractivity contribution in [2.75, 3.05) is 0 Å². The first-order valence-corrected chi connectivity index (χ1v) is 6.16. The summed E-state index contributed by atoms with van der Waals surface area (Å²) in [7, 11) is 0. The first kappa shape index (κ1) is 12.5. The van der Waals surface area contributed by atoms with Crippen LogP contribution in [0.2, 0.25) is 0 Å². The Balaban J connectivity index is 1.97. The monoisotopic (exact) mass is 288 g/mol. The molecule has 1 aromatic carbocycles. The van der Waals surface area contributed by atoms with Gasteiger partial charge in [0.25, 0.3) is 0 Å². The van der Waals surface area contributed by atoms with Gasteiger partial charge in [-0.2, -0.15) is 9.78 Å². The third-order valence-corrected chi connectivity index (χ3v) is 2.85. The van der Waals surface area contributed by atoms with Crippen LogP contribution in [0.25, 0.3) is 11.6 Å². The SMILES string of the molecule is Fc1ccc(/C=N\n2c(-c3ccco3)n[nH]c2=S)cc1. The summed E-state index contributed by atoms with van der Waals surface area (Å²) in [5, 5.41) is 10.9. The first-order chi connectivity index (χ1) is 9.74. The lowest BCUT2D eigenvalue weighted by Crippen LogP contribution is -1.94. The Morgan fingerprint density at radius 3 is 2.80 bits per heavy atom. The number of hydrogen-bond donors (Lipinski definition) is 1. The molecule has 100 valence electrons. The molecule has 0 aliphatic rings. The smallest absolute Gasteiger partial charge is 0.219 e. The van der Waals surface area contributed by atoms with Gasteiger partial charge in [-0.05, 0) is 42.0 Å². The van der Waals surface area contributed by atoms with E-state index >= 15 is 0 Å². The fourth-order valence-electron chi connectivity index (χ4n) is 1.64. The summed E-state index contributed by atoms with van der Waals surface area (Å²) in [4.78, 5) is 0. The second kappa shape index (κ2) is 5.22. The number of halogens is 1. The zero-order valence-corrected chi connectivity index (χ0v) is 11.0. The molecule has 0 radical (unpaired) electrons. The van der Waals surface area contributed by atoms with E-state index in [0.717, 1.165) is 5.56 Å². The molecule has 0 bridgehead atoms. The fourth-order valence-corrected chi connectivity index (χ4v) is 1.82. The highest BCUT2D eigenvalue weighted by molar-refractivity contribution is 7.71. The summed E-state index contributed by atoms with van der Waals surface area (Å²) in [5.74, 6) is 0.727. The summed E-state index contributed by atoms with van der Waals surface area (Å²) in [6, 6.07) is 9.48. The zero-order valence-electron chi connectivity index (χ0n) is 10.2. The molecule has 2 aromatic heterocycles. The first-order valence-electron chi connectivity index (χ1n) is 5.75. The van der Waals surface area contributed by atoms with Crippen LogP contribution in [-0.4, -0.2) is 21.1 Å². The van der Waals surface area contributed by atoms with Crippen LogP contribution >= 0.6 is 12.2 Å². The Bertz CT molecular complexity index is 787. The number of nitrogens with one attached hydrogen (secondary N) is 1. The Labute approximate surface area is 118 Å². The van der Waals surface area contributed by atoms with Crippen molar-refractivity contribution in [2.45, 2.75) is 0 Å². The molecule has 0 saturated heterocycles. The highest BCUT2D eigenvalue weighted by atomic mass is 32.1. The average molecular weight is 288 g/mol. The van der Waals surface area contributed by atoms with Crippen LogP contribution in [0.3, 0.4) is 0 Å². The molecule has 20 heavy (non-hydrogen) atoms. The predicted molar refractivity (Wildman–Crippen MR) is 74.5 cm³/mol. The minimum Gasteiger partial charge on any atom is -0.461 e. The summed E-state index contributed by atoms with van der Waals surface area (Å²) >= 11 is 5.11. The van der Waals surface area contributed by atoms with Crippen molar-refractivity contribution in [1.82, 2.24) is 14.9 Å². The lowest BCUT2D eigenvalue weighted by atomic mass is 10.2. The molecule has 0 fully saturated rings. The molecule has 0 amide bonds. The van der Waals surface area contributed by atoms with Gasteiger partial charge in [0.1, 0.15) is 5.82 Å². The zero-order chi connectivity index (χ0) is 13.9. The lowest BCUT2D eigenvalue weighted by molar-refractivity contribution is 0.573. The Morgan fingerprint density at radius 2 is 2.10 bits per heavy atom.